The first-order valence-electron chi connectivity index (χ1n) is 6.24. The standard InChI is InChI=1S/C16H15NO3/c18-15-9-5-4-8-13(15)11-17-14(16(19)20)10-12-6-2-1-3-7-12/h1-9,11,14,18H,10H2,(H,19,20)/t14-/m1/s1. The molecule has 20 heavy (non-hydrogen) atoms. The molecular weight excluding hydrogens is 254 g/mol. The van der Waals surface area contributed by atoms with Crippen LogP contribution in [-0.2, 0) is 11.2 Å². The zero-order chi connectivity index (χ0) is 14.4. The van der Waals surface area contributed by atoms with E-state index in [-0.39, 0.29) is 5.75 Å². The molecule has 2 rings (SSSR count). The Morgan fingerprint density at radius 2 is 1.75 bits per heavy atom. The highest BCUT2D eigenvalue weighted by molar-refractivity contribution is 5.86. The normalized spacial score (nSPS) is 12.4. The van der Waals surface area contributed by atoms with E-state index >= 15 is 0 Å². The van der Waals surface area contributed by atoms with Crippen LogP contribution in [0.3, 0.4) is 0 Å². The Balaban J connectivity index is 2.14. The second-order valence-electron chi connectivity index (χ2n) is 4.38. The van der Waals surface area contributed by atoms with Crippen LogP contribution in [0.1, 0.15) is 11.1 Å². The van der Waals surface area contributed by atoms with E-state index in [2.05, 4.69) is 4.99 Å². The van der Waals surface area contributed by atoms with Crippen molar-refractivity contribution in [2.24, 2.45) is 4.99 Å². The van der Waals surface area contributed by atoms with E-state index in [1.807, 2.05) is 30.3 Å². The minimum absolute atomic E-state index is 0.0834. The van der Waals surface area contributed by atoms with Crippen molar-refractivity contribution in [2.45, 2.75) is 12.5 Å². The van der Waals surface area contributed by atoms with E-state index in [4.69, 9.17) is 0 Å². The minimum atomic E-state index is -0.986. The third kappa shape index (κ3) is 3.68. The molecule has 2 aromatic rings. The SMILES string of the molecule is O=C(O)[C@@H](Cc1ccccc1)N=Cc1ccccc1O. The van der Waals surface area contributed by atoms with E-state index < -0.39 is 12.0 Å². The number of rotatable bonds is 5. The molecule has 2 N–H and O–H groups in total. The lowest BCUT2D eigenvalue weighted by molar-refractivity contribution is -0.138. The molecule has 0 heterocycles. The number of aromatic hydroxyl groups is 1. The van der Waals surface area contributed by atoms with Gasteiger partial charge in [-0.3, -0.25) is 4.99 Å². The summed E-state index contributed by atoms with van der Waals surface area (Å²) in [7, 11) is 0. The van der Waals surface area contributed by atoms with Gasteiger partial charge in [0.25, 0.3) is 0 Å². The van der Waals surface area contributed by atoms with Crippen molar-refractivity contribution in [1.82, 2.24) is 0 Å². The fourth-order valence-corrected chi connectivity index (χ4v) is 1.81. The molecule has 0 aliphatic heterocycles. The monoisotopic (exact) mass is 269 g/mol. The van der Waals surface area contributed by atoms with Gasteiger partial charge in [-0.15, -0.1) is 0 Å². The molecule has 0 aromatic heterocycles. The summed E-state index contributed by atoms with van der Waals surface area (Å²) in [5.74, 6) is -0.902. The lowest BCUT2D eigenvalue weighted by Crippen LogP contribution is -2.20. The van der Waals surface area contributed by atoms with Gasteiger partial charge < -0.3 is 10.2 Å². The molecule has 0 bridgehead atoms. The number of hydrogen-bond acceptors (Lipinski definition) is 3. The third-order valence-corrected chi connectivity index (χ3v) is 2.89. The van der Waals surface area contributed by atoms with Crippen LogP contribution in [0.25, 0.3) is 0 Å². The van der Waals surface area contributed by atoms with Crippen molar-refractivity contribution < 1.29 is 15.0 Å². The number of aliphatic carboxylic acids is 1. The number of carboxylic acid groups (broad SMARTS) is 1. The van der Waals surface area contributed by atoms with Crippen LogP contribution >= 0.6 is 0 Å². The first-order valence-corrected chi connectivity index (χ1v) is 6.24. The molecular formula is C16H15NO3. The second-order valence-corrected chi connectivity index (χ2v) is 4.38. The Hall–Kier alpha value is -2.62. The Morgan fingerprint density at radius 3 is 2.40 bits per heavy atom. The molecule has 1 atom stereocenters. The number of phenolic OH excluding ortho intramolecular Hbond substituents is 1. The maximum atomic E-state index is 11.2. The number of carboxylic acids is 1. The topological polar surface area (TPSA) is 69.9 Å². The van der Waals surface area contributed by atoms with Gasteiger partial charge in [-0.1, -0.05) is 42.5 Å². The highest BCUT2D eigenvalue weighted by Crippen LogP contribution is 2.14. The van der Waals surface area contributed by atoms with Crippen molar-refractivity contribution in [2.75, 3.05) is 0 Å². The average molecular weight is 269 g/mol. The summed E-state index contributed by atoms with van der Waals surface area (Å²) in [5, 5.41) is 18.8. The molecule has 0 aliphatic carbocycles. The van der Waals surface area contributed by atoms with Crippen molar-refractivity contribution in [3.63, 3.8) is 0 Å². The van der Waals surface area contributed by atoms with Crippen molar-refractivity contribution >= 4 is 12.2 Å². The lowest BCUT2D eigenvalue weighted by atomic mass is 10.1. The summed E-state index contributed by atoms with van der Waals surface area (Å²) < 4.78 is 0. The van der Waals surface area contributed by atoms with Gasteiger partial charge in [0.05, 0.1) is 0 Å². The van der Waals surface area contributed by atoms with Gasteiger partial charge in [0, 0.05) is 18.2 Å². The number of hydrogen-bond donors (Lipinski definition) is 2. The molecule has 0 radical (unpaired) electrons. The van der Waals surface area contributed by atoms with Crippen LogP contribution in [-0.4, -0.2) is 28.4 Å². The van der Waals surface area contributed by atoms with Gasteiger partial charge >= 0.3 is 5.97 Å². The van der Waals surface area contributed by atoms with E-state index in [0.29, 0.717) is 12.0 Å². The number of benzene rings is 2. The minimum Gasteiger partial charge on any atom is -0.507 e. The molecule has 0 saturated heterocycles. The number of phenols is 1. The molecule has 0 aliphatic rings. The van der Waals surface area contributed by atoms with Gasteiger partial charge in [-0.05, 0) is 17.7 Å². The quantitative estimate of drug-likeness (QED) is 0.819. The molecule has 4 nitrogen and oxygen atoms in total. The first-order chi connectivity index (χ1) is 9.66. The second kappa shape index (κ2) is 6.52. The Labute approximate surface area is 117 Å². The molecule has 0 amide bonds. The zero-order valence-electron chi connectivity index (χ0n) is 10.8. The molecule has 0 spiro atoms. The van der Waals surface area contributed by atoms with Gasteiger partial charge in [-0.2, -0.15) is 0 Å². The molecule has 2 aromatic carbocycles. The van der Waals surface area contributed by atoms with Gasteiger partial charge in [0.15, 0.2) is 6.04 Å². The fourth-order valence-electron chi connectivity index (χ4n) is 1.81. The van der Waals surface area contributed by atoms with Crippen LogP contribution in [0, 0.1) is 0 Å². The average Bonchev–Trinajstić information content (AvgIpc) is 2.46. The largest absolute Gasteiger partial charge is 0.507 e. The number of carbonyl (C=O) groups is 1. The maximum absolute atomic E-state index is 11.2. The Bertz CT molecular complexity index is 608. The van der Waals surface area contributed by atoms with Crippen LogP contribution in [0.5, 0.6) is 5.75 Å². The van der Waals surface area contributed by atoms with Crippen LogP contribution < -0.4 is 0 Å². The van der Waals surface area contributed by atoms with Gasteiger partial charge in [0.2, 0.25) is 0 Å². The third-order valence-electron chi connectivity index (χ3n) is 2.89. The van der Waals surface area contributed by atoms with Crippen molar-refractivity contribution in [1.29, 1.82) is 0 Å². The Kier molecular flexibility index (Phi) is 4.50. The lowest BCUT2D eigenvalue weighted by Gasteiger charge is -2.07. The zero-order valence-corrected chi connectivity index (χ0v) is 10.8. The highest BCUT2D eigenvalue weighted by Gasteiger charge is 2.15. The smallest absolute Gasteiger partial charge is 0.328 e. The van der Waals surface area contributed by atoms with Crippen molar-refractivity contribution in [3.05, 3.63) is 65.7 Å². The van der Waals surface area contributed by atoms with E-state index in [0.717, 1.165) is 5.56 Å². The fraction of sp³-hybridized carbons (Fsp3) is 0.125. The summed E-state index contributed by atoms with van der Waals surface area (Å²) in [6, 6.07) is 15.1. The highest BCUT2D eigenvalue weighted by atomic mass is 16.4. The van der Waals surface area contributed by atoms with Gasteiger partial charge in [0.1, 0.15) is 5.75 Å². The van der Waals surface area contributed by atoms with Crippen molar-refractivity contribution in [3.8, 4) is 5.75 Å². The summed E-state index contributed by atoms with van der Waals surface area (Å²) in [5.41, 5.74) is 1.42. The molecule has 0 fully saturated rings. The summed E-state index contributed by atoms with van der Waals surface area (Å²) >= 11 is 0. The van der Waals surface area contributed by atoms with Crippen LogP contribution in [0.4, 0.5) is 0 Å². The summed E-state index contributed by atoms with van der Waals surface area (Å²) in [4.78, 5) is 15.3. The Morgan fingerprint density at radius 1 is 1.10 bits per heavy atom. The predicted molar refractivity (Wildman–Crippen MR) is 77.3 cm³/mol. The molecule has 4 heteroatoms. The first kappa shape index (κ1) is 13.8. The molecule has 0 saturated carbocycles. The number of para-hydroxylation sites is 1. The maximum Gasteiger partial charge on any atom is 0.328 e. The van der Waals surface area contributed by atoms with Gasteiger partial charge in [-0.25, -0.2) is 4.79 Å². The van der Waals surface area contributed by atoms with E-state index in [9.17, 15) is 15.0 Å². The molecule has 102 valence electrons. The van der Waals surface area contributed by atoms with Crippen LogP contribution in [0.2, 0.25) is 0 Å². The summed E-state index contributed by atoms with van der Waals surface area (Å²) in [6.07, 6.45) is 1.72. The molecule has 0 unspecified atom stereocenters. The summed E-state index contributed by atoms with van der Waals surface area (Å²) in [6.45, 7) is 0. The van der Waals surface area contributed by atoms with Crippen LogP contribution in [0.15, 0.2) is 59.6 Å². The predicted octanol–water partition coefficient (Wildman–Crippen LogP) is 2.51. The van der Waals surface area contributed by atoms with E-state index in [1.54, 1.807) is 18.2 Å². The number of nitrogens with zero attached hydrogens (tertiary/aromatic N) is 1. The number of aliphatic imine (C=N–C) groups is 1. The van der Waals surface area contributed by atoms with E-state index in [1.165, 1.54) is 12.3 Å².